The third-order valence-corrected chi connectivity index (χ3v) is 4.07. The molecule has 0 heterocycles. The summed E-state index contributed by atoms with van der Waals surface area (Å²) in [7, 11) is 1.93. The largest absolute Gasteiger partial charge is 0.388 e. The lowest BCUT2D eigenvalue weighted by molar-refractivity contribution is -0.109. The third-order valence-electron chi connectivity index (χ3n) is 4.07. The first-order chi connectivity index (χ1) is 11.3. The number of para-hydroxylation sites is 1. The van der Waals surface area contributed by atoms with Gasteiger partial charge in [-0.05, 0) is 49.4 Å². The van der Waals surface area contributed by atoms with Crippen molar-refractivity contribution in [1.29, 1.82) is 0 Å². The number of benzene rings is 2. The Kier molecular flexibility index (Phi) is 7.34. The Hall–Kier alpha value is -2.13. The standard InChI is InChI=1S/C20H26N2O/c1-21-20-12-6-5-11-18(20)13-14-19(16-23)22-15-7-10-17-8-3-2-4-9-17/h2-6,8-9,11-12,16,19,21-22H,7,10,13-15H2,1H3/t19-/m0/s1. The fourth-order valence-electron chi connectivity index (χ4n) is 2.74. The molecule has 2 N–H and O–H groups in total. The van der Waals surface area contributed by atoms with E-state index in [0.29, 0.717) is 0 Å². The Morgan fingerprint density at radius 1 is 1.00 bits per heavy atom. The van der Waals surface area contributed by atoms with E-state index in [1.54, 1.807) is 0 Å². The molecule has 3 nitrogen and oxygen atoms in total. The first-order valence-electron chi connectivity index (χ1n) is 8.31. The maximum atomic E-state index is 11.3. The maximum Gasteiger partial charge on any atom is 0.136 e. The van der Waals surface area contributed by atoms with Gasteiger partial charge in [-0.1, -0.05) is 48.5 Å². The molecule has 0 aromatic heterocycles. The number of aryl methyl sites for hydroxylation is 2. The molecule has 122 valence electrons. The first kappa shape index (κ1) is 17.2. The van der Waals surface area contributed by atoms with Gasteiger partial charge in [-0.2, -0.15) is 0 Å². The lowest BCUT2D eigenvalue weighted by Crippen LogP contribution is -2.32. The number of aldehydes is 1. The molecule has 0 spiro atoms. The average molecular weight is 310 g/mol. The Balaban J connectivity index is 1.72. The Labute approximate surface area is 139 Å². The summed E-state index contributed by atoms with van der Waals surface area (Å²) < 4.78 is 0. The van der Waals surface area contributed by atoms with E-state index in [-0.39, 0.29) is 6.04 Å². The van der Waals surface area contributed by atoms with E-state index in [0.717, 1.165) is 44.2 Å². The Morgan fingerprint density at radius 3 is 2.48 bits per heavy atom. The molecule has 0 saturated heterocycles. The van der Waals surface area contributed by atoms with Crippen LogP contribution in [0.4, 0.5) is 5.69 Å². The molecule has 0 amide bonds. The van der Waals surface area contributed by atoms with Gasteiger partial charge in [0.05, 0.1) is 6.04 Å². The number of anilines is 1. The lowest BCUT2D eigenvalue weighted by Gasteiger charge is -2.14. The van der Waals surface area contributed by atoms with Gasteiger partial charge in [0, 0.05) is 12.7 Å². The molecule has 2 aromatic carbocycles. The second kappa shape index (κ2) is 9.80. The lowest BCUT2D eigenvalue weighted by atomic mass is 10.0. The van der Waals surface area contributed by atoms with Gasteiger partial charge in [-0.15, -0.1) is 0 Å². The first-order valence-corrected chi connectivity index (χ1v) is 8.31. The van der Waals surface area contributed by atoms with Crippen LogP contribution < -0.4 is 10.6 Å². The van der Waals surface area contributed by atoms with Crippen LogP contribution in [-0.4, -0.2) is 25.9 Å². The van der Waals surface area contributed by atoms with Crippen LogP contribution in [0, 0.1) is 0 Å². The number of carbonyl (C=O) groups is 1. The van der Waals surface area contributed by atoms with Crippen molar-refractivity contribution in [3.63, 3.8) is 0 Å². The zero-order valence-electron chi connectivity index (χ0n) is 13.8. The van der Waals surface area contributed by atoms with Crippen molar-refractivity contribution in [2.24, 2.45) is 0 Å². The molecule has 0 saturated carbocycles. The highest BCUT2D eigenvalue weighted by Crippen LogP contribution is 2.16. The number of hydrogen-bond acceptors (Lipinski definition) is 3. The summed E-state index contributed by atoms with van der Waals surface area (Å²) in [6.07, 6.45) is 4.84. The minimum absolute atomic E-state index is 0.0734. The predicted molar refractivity (Wildman–Crippen MR) is 96.9 cm³/mol. The normalized spacial score (nSPS) is 11.9. The molecule has 0 aliphatic rings. The van der Waals surface area contributed by atoms with Crippen LogP contribution >= 0.6 is 0 Å². The summed E-state index contributed by atoms with van der Waals surface area (Å²) in [6.45, 7) is 0.867. The van der Waals surface area contributed by atoms with E-state index < -0.39 is 0 Å². The molecular weight excluding hydrogens is 284 g/mol. The van der Waals surface area contributed by atoms with Gasteiger partial charge in [0.1, 0.15) is 6.29 Å². The van der Waals surface area contributed by atoms with E-state index in [9.17, 15) is 4.79 Å². The minimum Gasteiger partial charge on any atom is -0.388 e. The molecule has 23 heavy (non-hydrogen) atoms. The van der Waals surface area contributed by atoms with Crippen molar-refractivity contribution >= 4 is 12.0 Å². The van der Waals surface area contributed by atoms with E-state index in [4.69, 9.17) is 0 Å². The summed E-state index contributed by atoms with van der Waals surface area (Å²) >= 11 is 0. The van der Waals surface area contributed by atoms with Gasteiger partial charge in [0.2, 0.25) is 0 Å². The van der Waals surface area contributed by atoms with Crippen molar-refractivity contribution in [2.45, 2.75) is 31.7 Å². The van der Waals surface area contributed by atoms with Gasteiger partial charge in [0.25, 0.3) is 0 Å². The Morgan fingerprint density at radius 2 is 1.74 bits per heavy atom. The fourth-order valence-corrected chi connectivity index (χ4v) is 2.74. The van der Waals surface area contributed by atoms with Gasteiger partial charge < -0.3 is 15.4 Å². The van der Waals surface area contributed by atoms with Crippen molar-refractivity contribution in [3.8, 4) is 0 Å². The number of rotatable bonds is 10. The second-order valence-electron chi connectivity index (χ2n) is 5.73. The van der Waals surface area contributed by atoms with Crippen LogP contribution in [0.15, 0.2) is 54.6 Å². The van der Waals surface area contributed by atoms with E-state index in [1.165, 1.54) is 11.1 Å². The molecule has 3 heteroatoms. The number of carbonyl (C=O) groups excluding carboxylic acids is 1. The SMILES string of the molecule is CNc1ccccc1CC[C@@H](C=O)NCCCc1ccccc1. The molecule has 0 unspecified atom stereocenters. The van der Waals surface area contributed by atoms with Gasteiger partial charge in [0.15, 0.2) is 0 Å². The smallest absolute Gasteiger partial charge is 0.136 e. The molecule has 0 aliphatic heterocycles. The van der Waals surface area contributed by atoms with Crippen LogP contribution in [0.25, 0.3) is 0 Å². The minimum atomic E-state index is -0.0734. The van der Waals surface area contributed by atoms with Crippen molar-refractivity contribution in [2.75, 3.05) is 18.9 Å². The van der Waals surface area contributed by atoms with Crippen molar-refractivity contribution in [1.82, 2.24) is 5.32 Å². The van der Waals surface area contributed by atoms with Crippen LogP contribution in [0.5, 0.6) is 0 Å². The maximum absolute atomic E-state index is 11.3. The number of nitrogens with one attached hydrogen (secondary N) is 2. The molecule has 0 radical (unpaired) electrons. The van der Waals surface area contributed by atoms with Crippen LogP contribution in [0.2, 0.25) is 0 Å². The topological polar surface area (TPSA) is 41.1 Å². The van der Waals surface area contributed by atoms with Crippen molar-refractivity contribution in [3.05, 3.63) is 65.7 Å². The quantitative estimate of drug-likeness (QED) is 0.522. The second-order valence-corrected chi connectivity index (χ2v) is 5.73. The van der Waals surface area contributed by atoms with Gasteiger partial charge >= 0.3 is 0 Å². The molecule has 2 rings (SSSR count). The monoisotopic (exact) mass is 310 g/mol. The zero-order chi connectivity index (χ0) is 16.3. The third kappa shape index (κ3) is 5.87. The van der Waals surface area contributed by atoms with Gasteiger partial charge in [-0.25, -0.2) is 0 Å². The van der Waals surface area contributed by atoms with E-state index >= 15 is 0 Å². The van der Waals surface area contributed by atoms with Crippen molar-refractivity contribution < 1.29 is 4.79 Å². The molecular formula is C20H26N2O. The molecule has 0 aliphatic carbocycles. The zero-order valence-corrected chi connectivity index (χ0v) is 13.8. The van der Waals surface area contributed by atoms with Crippen LogP contribution in [-0.2, 0) is 17.6 Å². The highest BCUT2D eigenvalue weighted by molar-refractivity contribution is 5.58. The van der Waals surface area contributed by atoms with E-state index in [1.807, 2.05) is 25.2 Å². The fraction of sp³-hybridized carbons (Fsp3) is 0.350. The molecule has 1 atom stereocenters. The molecule has 0 fully saturated rings. The number of hydrogen-bond donors (Lipinski definition) is 2. The van der Waals surface area contributed by atoms with Crippen LogP contribution in [0.1, 0.15) is 24.0 Å². The summed E-state index contributed by atoms with van der Waals surface area (Å²) in [4.78, 5) is 11.3. The van der Waals surface area contributed by atoms with Crippen LogP contribution in [0.3, 0.4) is 0 Å². The average Bonchev–Trinajstić information content (AvgIpc) is 2.62. The summed E-state index contributed by atoms with van der Waals surface area (Å²) in [6, 6.07) is 18.6. The summed E-state index contributed by atoms with van der Waals surface area (Å²) in [5.41, 5.74) is 3.74. The highest BCUT2D eigenvalue weighted by atomic mass is 16.1. The molecule has 2 aromatic rings. The van der Waals surface area contributed by atoms with Gasteiger partial charge in [-0.3, -0.25) is 0 Å². The summed E-state index contributed by atoms with van der Waals surface area (Å²) in [5, 5.41) is 6.56. The predicted octanol–water partition coefficient (Wildman–Crippen LogP) is 3.45. The Bertz CT molecular complexity index is 583. The summed E-state index contributed by atoms with van der Waals surface area (Å²) in [5.74, 6) is 0. The molecule has 0 bridgehead atoms. The van der Waals surface area contributed by atoms with E-state index in [2.05, 4.69) is 47.0 Å². The highest BCUT2D eigenvalue weighted by Gasteiger charge is 2.08.